The predicted molar refractivity (Wildman–Crippen MR) is 116 cm³/mol. The summed E-state index contributed by atoms with van der Waals surface area (Å²) in [5, 5.41) is 3.20. The van der Waals surface area contributed by atoms with Crippen LogP contribution < -0.4 is 10.0 Å². The summed E-state index contributed by atoms with van der Waals surface area (Å²) in [5.41, 5.74) is 0.819. The summed E-state index contributed by atoms with van der Waals surface area (Å²) in [7, 11) is -1.63. The quantitative estimate of drug-likeness (QED) is 0.676. The minimum Gasteiger partial charge on any atom is -0.382 e. The molecule has 0 bridgehead atoms. The van der Waals surface area contributed by atoms with Crippen molar-refractivity contribution in [3.8, 4) is 0 Å². The van der Waals surface area contributed by atoms with E-state index in [9.17, 15) is 8.42 Å². The zero-order chi connectivity index (χ0) is 20.0. The number of benzene rings is 1. The molecule has 0 saturated heterocycles. The van der Waals surface area contributed by atoms with E-state index in [4.69, 9.17) is 12.2 Å². The molecule has 0 unspecified atom stereocenters. The van der Waals surface area contributed by atoms with Crippen LogP contribution in [0.4, 0.5) is 0 Å². The van der Waals surface area contributed by atoms with E-state index in [0.717, 1.165) is 42.7 Å². The second-order valence-corrected chi connectivity index (χ2v) is 9.41. The number of pyridine rings is 1. The lowest BCUT2D eigenvalue weighted by Crippen LogP contribution is -2.50. The number of aromatic nitrogens is 1. The fraction of sp³-hybridized carbons (Fsp3) is 0.429. The van der Waals surface area contributed by atoms with Crippen LogP contribution in [0.1, 0.15) is 37.7 Å². The van der Waals surface area contributed by atoms with Crippen molar-refractivity contribution in [1.29, 1.82) is 0 Å². The summed E-state index contributed by atoms with van der Waals surface area (Å²) >= 11 is 5.77. The summed E-state index contributed by atoms with van der Waals surface area (Å²) in [5.74, 6) is 0.254. The smallest absolute Gasteiger partial charge is 0.240 e. The lowest BCUT2D eigenvalue weighted by Gasteiger charge is -2.45. The molecule has 28 heavy (non-hydrogen) atoms. The molecular formula is C21H27N3O2S2. The van der Waals surface area contributed by atoms with Gasteiger partial charge in [-0.15, -0.1) is 0 Å². The molecule has 0 amide bonds. The molecule has 150 valence electrons. The Morgan fingerprint density at radius 2 is 2.00 bits per heavy atom. The Kier molecular flexibility index (Phi) is 6.80. The average molecular weight is 418 g/mol. The maximum atomic E-state index is 12.5. The number of nitrogens with zero attached hydrogens (tertiary/aromatic N) is 1. The minimum absolute atomic E-state index is 0.254. The molecule has 1 aliphatic rings. The van der Waals surface area contributed by atoms with Crippen molar-refractivity contribution in [3.05, 3.63) is 60.4 Å². The van der Waals surface area contributed by atoms with E-state index in [0.29, 0.717) is 11.4 Å². The van der Waals surface area contributed by atoms with Crippen molar-refractivity contribution in [1.82, 2.24) is 15.0 Å². The Labute approximate surface area is 173 Å². The number of thiocarbonyl (C=S) groups is 1. The molecule has 2 aromatic rings. The highest BCUT2D eigenvalue weighted by Gasteiger charge is 2.45. The normalized spacial score (nSPS) is 22.5. The lowest BCUT2D eigenvalue weighted by molar-refractivity contribution is 0.239. The molecule has 1 aliphatic carbocycles. The molecule has 1 aromatic heterocycles. The number of rotatable bonds is 7. The first-order chi connectivity index (χ1) is 13.5. The third-order valence-electron chi connectivity index (χ3n) is 5.72. The summed E-state index contributed by atoms with van der Waals surface area (Å²) in [6.07, 6.45) is 8.59. The minimum atomic E-state index is -3.50. The van der Waals surface area contributed by atoms with Gasteiger partial charge in [-0.05, 0) is 48.9 Å². The van der Waals surface area contributed by atoms with Gasteiger partial charge >= 0.3 is 0 Å². The van der Waals surface area contributed by atoms with Crippen molar-refractivity contribution in [3.63, 3.8) is 0 Å². The van der Waals surface area contributed by atoms with Crippen LogP contribution in [0.2, 0.25) is 0 Å². The Morgan fingerprint density at radius 1 is 1.21 bits per heavy atom. The van der Waals surface area contributed by atoms with E-state index in [1.54, 1.807) is 30.5 Å². The van der Waals surface area contributed by atoms with Crippen molar-refractivity contribution < 1.29 is 8.42 Å². The molecule has 1 saturated carbocycles. The number of sulfonamides is 1. The topological polar surface area (TPSA) is 71.1 Å². The predicted octanol–water partition coefficient (Wildman–Crippen LogP) is 3.43. The van der Waals surface area contributed by atoms with Crippen LogP contribution in [0, 0.1) is 5.92 Å². The van der Waals surface area contributed by atoms with E-state index in [1.807, 2.05) is 25.4 Å². The molecule has 7 heteroatoms. The molecule has 5 nitrogen and oxygen atoms in total. The zero-order valence-corrected chi connectivity index (χ0v) is 17.7. The summed E-state index contributed by atoms with van der Waals surface area (Å²) in [4.78, 5) is 5.43. The van der Waals surface area contributed by atoms with Gasteiger partial charge in [-0.2, -0.15) is 0 Å². The second-order valence-electron chi connectivity index (χ2n) is 7.23. The lowest BCUT2D eigenvalue weighted by atomic mass is 9.61. The fourth-order valence-electron chi connectivity index (χ4n) is 4.35. The number of hydrogen-bond acceptors (Lipinski definition) is 4. The van der Waals surface area contributed by atoms with Crippen LogP contribution in [0.15, 0.2) is 59.8 Å². The molecule has 1 fully saturated rings. The fourth-order valence-corrected chi connectivity index (χ4v) is 5.80. The van der Waals surface area contributed by atoms with Gasteiger partial charge in [0.1, 0.15) is 0 Å². The zero-order valence-electron chi connectivity index (χ0n) is 16.1. The van der Waals surface area contributed by atoms with E-state index in [-0.39, 0.29) is 11.3 Å². The number of likely N-dealkylation sites (N-methyl/N-ethyl adjacent to an activating group) is 1. The summed E-state index contributed by atoms with van der Waals surface area (Å²) in [6.45, 7) is 0.385. The molecule has 0 aliphatic heterocycles. The van der Waals surface area contributed by atoms with Gasteiger partial charge in [-0.3, -0.25) is 4.98 Å². The average Bonchev–Trinajstić information content (AvgIpc) is 2.74. The van der Waals surface area contributed by atoms with Gasteiger partial charge in [-0.1, -0.05) is 49.3 Å². The Morgan fingerprint density at radius 3 is 2.68 bits per heavy atom. The Bertz CT molecular complexity index is 888. The molecule has 1 heterocycles. The molecule has 1 aromatic carbocycles. The van der Waals surface area contributed by atoms with E-state index < -0.39 is 10.0 Å². The molecular weight excluding hydrogens is 390 g/mol. The largest absolute Gasteiger partial charge is 0.382 e. The first-order valence-electron chi connectivity index (χ1n) is 9.68. The maximum Gasteiger partial charge on any atom is 0.240 e. The monoisotopic (exact) mass is 417 g/mol. The third-order valence-corrected chi connectivity index (χ3v) is 7.76. The van der Waals surface area contributed by atoms with Crippen molar-refractivity contribution >= 4 is 27.2 Å². The van der Waals surface area contributed by atoms with Crippen LogP contribution in [-0.2, 0) is 15.4 Å². The van der Waals surface area contributed by atoms with Crippen LogP contribution in [-0.4, -0.2) is 32.0 Å². The van der Waals surface area contributed by atoms with Crippen LogP contribution in [0.3, 0.4) is 0 Å². The van der Waals surface area contributed by atoms with Gasteiger partial charge in [0, 0.05) is 31.4 Å². The SMILES string of the molecule is CNC(=S)[C@]1(c2cccnc2)CCCC[C@H]1CCNS(=O)(=O)c1ccccc1. The van der Waals surface area contributed by atoms with Gasteiger partial charge < -0.3 is 5.32 Å². The number of nitrogens with one attached hydrogen (secondary N) is 2. The van der Waals surface area contributed by atoms with Gasteiger partial charge in [0.15, 0.2) is 0 Å². The molecule has 0 radical (unpaired) electrons. The van der Waals surface area contributed by atoms with Gasteiger partial charge in [0.25, 0.3) is 0 Å². The molecule has 0 spiro atoms. The molecule has 2 atom stereocenters. The number of hydrogen-bond donors (Lipinski definition) is 2. The van der Waals surface area contributed by atoms with E-state index in [2.05, 4.69) is 21.1 Å². The standard InChI is InChI=1S/C21H27N3O2S2/c1-22-20(27)21(18-9-7-14-23-16-18)13-6-5-8-17(21)12-15-24-28(25,26)19-10-3-2-4-11-19/h2-4,7,9-11,14,16-17,24H,5-6,8,12-13,15H2,1H3,(H,22,27)/t17-,21+/m0/s1. The second kappa shape index (κ2) is 9.11. The van der Waals surface area contributed by atoms with Gasteiger partial charge in [-0.25, -0.2) is 13.1 Å². The summed E-state index contributed by atoms with van der Waals surface area (Å²) < 4.78 is 27.8. The van der Waals surface area contributed by atoms with Crippen molar-refractivity contribution in [2.75, 3.05) is 13.6 Å². The Hall–Kier alpha value is -1.83. The molecule has 2 N–H and O–H groups in total. The maximum absolute atomic E-state index is 12.5. The van der Waals surface area contributed by atoms with Crippen LogP contribution in [0.25, 0.3) is 0 Å². The third kappa shape index (κ3) is 4.26. The first kappa shape index (κ1) is 20.9. The first-order valence-corrected chi connectivity index (χ1v) is 11.6. The Balaban J connectivity index is 1.80. The van der Waals surface area contributed by atoms with Crippen LogP contribution >= 0.6 is 12.2 Å². The van der Waals surface area contributed by atoms with Gasteiger partial charge in [0.05, 0.1) is 9.88 Å². The highest BCUT2D eigenvalue weighted by Crippen LogP contribution is 2.46. The highest BCUT2D eigenvalue weighted by molar-refractivity contribution is 7.89. The van der Waals surface area contributed by atoms with Crippen molar-refractivity contribution in [2.24, 2.45) is 5.92 Å². The summed E-state index contributed by atoms with van der Waals surface area (Å²) in [6, 6.07) is 12.5. The highest BCUT2D eigenvalue weighted by atomic mass is 32.2. The molecule has 3 rings (SSSR count). The van der Waals surface area contributed by atoms with Crippen molar-refractivity contribution in [2.45, 2.75) is 42.4 Å². The van der Waals surface area contributed by atoms with Crippen LogP contribution in [0.5, 0.6) is 0 Å². The van der Waals surface area contributed by atoms with E-state index >= 15 is 0 Å². The van der Waals surface area contributed by atoms with Gasteiger partial charge in [0.2, 0.25) is 10.0 Å². The van der Waals surface area contributed by atoms with E-state index in [1.165, 1.54) is 0 Å².